The minimum atomic E-state index is -0.281. The summed E-state index contributed by atoms with van der Waals surface area (Å²) in [7, 11) is 0. The SMILES string of the molecule is N#Cc1ccc(C(=O)C=CC(=O)N2CCC(N3Cc4ccccc4NC3=O)CC2)cc1. The lowest BCUT2D eigenvalue weighted by molar-refractivity contribution is -0.127. The van der Waals surface area contributed by atoms with Crippen LogP contribution in [0.4, 0.5) is 10.5 Å². The molecule has 7 heteroatoms. The molecular weight excluding hydrogens is 392 g/mol. The number of carbonyl (C=O) groups is 3. The normalized spacial score (nSPS) is 16.5. The number of nitriles is 1. The van der Waals surface area contributed by atoms with Crippen molar-refractivity contribution in [1.82, 2.24) is 9.80 Å². The maximum Gasteiger partial charge on any atom is 0.322 e. The molecule has 2 heterocycles. The second kappa shape index (κ2) is 8.84. The Bertz CT molecular complexity index is 1080. The smallest absolute Gasteiger partial charge is 0.322 e. The summed E-state index contributed by atoms with van der Waals surface area (Å²) in [5.41, 5.74) is 2.85. The summed E-state index contributed by atoms with van der Waals surface area (Å²) in [6.07, 6.45) is 3.95. The van der Waals surface area contributed by atoms with E-state index in [9.17, 15) is 14.4 Å². The third-order valence-corrected chi connectivity index (χ3v) is 5.75. The zero-order valence-corrected chi connectivity index (χ0v) is 17.0. The van der Waals surface area contributed by atoms with Gasteiger partial charge in [0.2, 0.25) is 5.91 Å². The van der Waals surface area contributed by atoms with Crippen molar-refractivity contribution in [2.24, 2.45) is 0 Å². The summed E-state index contributed by atoms with van der Waals surface area (Å²) < 4.78 is 0. The maximum atomic E-state index is 12.5. The third-order valence-electron chi connectivity index (χ3n) is 5.75. The number of fused-ring (bicyclic) bond motifs is 1. The van der Waals surface area contributed by atoms with Gasteiger partial charge >= 0.3 is 6.03 Å². The Morgan fingerprint density at radius 3 is 2.45 bits per heavy atom. The standard InChI is InChI=1S/C24H22N4O3/c25-15-17-5-7-18(8-6-17)22(29)9-10-23(30)27-13-11-20(12-14-27)28-16-19-3-1-2-4-21(19)26-24(28)31/h1-10,20H,11-14,16H2,(H,26,31). The number of nitrogens with zero attached hydrogens (tertiary/aromatic N) is 3. The highest BCUT2D eigenvalue weighted by molar-refractivity contribution is 6.07. The predicted molar refractivity (Wildman–Crippen MR) is 115 cm³/mol. The van der Waals surface area contributed by atoms with Gasteiger partial charge in [-0.15, -0.1) is 0 Å². The van der Waals surface area contributed by atoms with Crippen LogP contribution in [0, 0.1) is 11.3 Å². The van der Waals surface area contributed by atoms with Gasteiger partial charge in [0.05, 0.1) is 11.6 Å². The van der Waals surface area contributed by atoms with Crippen molar-refractivity contribution in [2.75, 3.05) is 18.4 Å². The molecule has 0 bridgehead atoms. The minimum absolute atomic E-state index is 0.0710. The topological polar surface area (TPSA) is 93.5 Å². The molecule has 156 valence electrons. The molecule has 2 aromatic carbocycles. The molecular formula is C24H22N4O3. The predicted octanol–water partition coefficient (Wildman–Crippen LogP) is 3.34. The van der Waals surface area contributed by atoms with Gasteiger partial charge in [-0.25, -0.2) is 4.79 Å². The summed E-state index contributed by atoms with van der Waals surface area (Å²) >= 11 is 0. The first-order valence-corrected chi connectivity index (χ1v) is 10.2. The lowest BCUT2D eigenvalue weighted by Crippen LogP contribution is -2.50. The number of urea groups is 1. The maximum absolute atomic E-state index is 12.5. The Balaban J connectivity index is 1.31. The Morgan fingerprint density at radius 1 is 1.03 bits per heavy atom. The van der Waals surface area contributed by atoms with Gasteiger partial charge in [-0.1, -0.05) is 18.2 Å². The number of rotatable bonds is 4. The van der Waals surface area contributed by atoms with Gasteiger partial charge in [-0.2, -0.15) is 5.26 Å². The zero-order chi connectivity index (χ0) is 21.8. The number of amides is 3. The molecule has 0 aliphatic carbocycles. The van der Waals surface area contributed by atoms with Crippen LogP contribution in [0.2, 0.25) is 0 Å². The van der Waals surface area contributed by atoms with E-state index in [2.05, 4.69) is 5.32 Å². The molecule has 31 heavy (non-hydrogen) atoms. The van der Waals surface area contributed by atoms with Crippen molar-refractivity contribution >= 4 is 23.4 Å². The van der Waals surface area contributed by atoms with Crippen molar-refractivity contribution in [3.8, 4) is 6.07 Å². The van der Waals surface area contributed by atoms with Crippen LogP contribution in [-0.2, 0) is 11.3 Å². The number of hydrogen-bond donors (Lipinski definition) is 1. The number of nitrogens with one attached hydrogen (secondary N) is 1. The van der Waals surface area contributed by atoms with Gasteiger partial charge in [0.1, 0.15) is 0 Å². The van der Waals surface area contributed by atoms with Gasteiger partial charge in [0.15, 0.2) is 5.78 Å². The van der Waals surface area contributed by atoms with E-state index in [1.54, 1.807) is 29.2 Å². The minimum Gasteiger partial charge on any atom is -0.339 e. The van der Waals surface area contributed by atoms with Gasteiger partial charge in [0.25, 0.3) is 0 Å². The molecule has 1 fully saturated rings. The van der Waals surface area contributed by atoms with E-state index in [4.69, 9.17) is 5.26 Å². The molecule has 2 aromatic rings. The number of ketones is 1. The Labute approximate surface area is 180 Å². The average Bonchev–Trinajstić information content (AvgIpc) is 2.82. The lowest BCUT2D eigenvalue weighted by atomic mass is 10.0. The number of carbonyl (C=O) groups excluding carboxylic acids is 3. The van der Waals surface area contributed by atoms with Crippen molar-refractivity contribution in [3.05, 3.63) is 77.4 Å². The van der Waals surface area contributed by atoms with Crippen LogP contribution in [0.3, 0.4) is 0 Å². The largest absolute Gasteiger partial charge is 0.339 e. The van der Waals surface area contributed by atoms with E-state index in [1.807, 2.05) is 35.2 Å². The number of hydrogen-bond acceptors (Lipinski definition) is 4. The summed E-state index contributed by atoms with van der Waals surface area (Å²) in [5.74, 6) is -0.495. The molecule has 0 aromatic heterocycles. The van der Waals surface area contributed by atoms with E-state index in [1.165, 1.54) is 12.2 Å². The molecule has 1 N–H and O–H groups in total. The van der Waals surface area contributed by atoms with Crippen LogP contribution in [0.5, 0.6) is 0 Å². The van der Waals surface area contributed by atoms with Crippen molar-refractivity contribution < 1.29 is 14.4 Å². The van der Waals surface area contributed by atoms with Crippen LogP contribution in [0.15, 0.2) is 60.7 Å². The fraction of sp³-hybridized carbons (Fsp3) is 0.250. The molecule has 0 unspecified atom stereocenters. The molecule has 2 aliphatic rings. The molecule has 1 saturated heterocycles. The third kappa shape index (κ3) is 4.48. The molecule has 3 amide bonds. The van der Waals surface area contributed by atoms with E-state index in [0.29, 0.717) is 43.6 Å². The van der Waals surface area contributed by atoms with Crippen LogP contribution < -0.4 is 5.32 Å². The second-order valence-corrected chi connectivity index (χ2v) is 7.66. The number of allylic oxidation sites excluding steroid dienone is 1. The number of likely N-dealkylation sites (tertiary alicyclic amines) is 1. The van der Waals surface area contributed by atoms with Crippen LogP contribution in [-0.4, -0.2) is 46.7 Å². The van der Waals surface area contributed by atoms with E-state index in [-0.39, 0.29) is 23.8 Å². The van der Waals surface area contributed by atoms with Gasteiger partial charge in [-0.05, 0) is 54.8 Å². The fourth-order valence-corrected chi connectivity index (χ4v) is 3.97. The lowest BCUT2D eigenvalue weighted by Gasteiger charge is -2.40. The number of para-hydroxylation sites is 1. The Morgan fingerprint density at radius 2 is 1.74 bits per heavy atom. The monoisotopic (exact) mass is 414 g/mol. The van der Waals surface area contributed by atoms with E-state index >= 15 is 0 Å². The molecule has 2 aliphatic heterocycles. The quantitative estimate of drug-likeness (QED) is 0.613. The number of benzene rings is 2. The van der Waals surface area contributed by atoms with Crippen LogP contribution in [0.25, 0.3) is 0 Å². The number of anilines is 1. The van der Waals surface area contributed by atoms with Gasteiger partial charge < -0.3 is 15.1 Å². The fourth-order valence-electron chi connectivity index (χ4n) is 3.97. The molecule has 4 rings (SSSR count). The highest BCUT2D eigenvalue weighted by Crippen LogP contribution is 2.27. The van der Waals surface area contributed by atoms with Crippen molar-refractivity contribution in [2.45, 2.75) is 25.4 Å². The summed E-state index contributed by atoms with van der Waals surface area (Å²) in [6, 6.07) is 16.0. The van der Waals surface area contributed by atoms with Crippen LogP contribution in [0.1, 0.15) is 34.3 Å². The van der Waals surface area contributed by atoms with Gasteiger partial charge in [0, 0.05) is 43.0 Å². The highest BCUT2D eigenvalue weighted by atomic mass is 16.2. The molecule has 0 saturated carbocycles. The van der Waals surface area contributed by atoms with Gasteiger partial charge in [-0.3, -0.25) is 9.59 Å². The molecule has 7 nitrogen and oxygen atoms in total. The first kappa shape index (κ1) is 20.4. The first-order valence-electron chi connectivity index (χ1n) is 10.2. The zero-order valence-electron chi connectivity index (χ0n) is 17.0. The van der Waals surface area contributed by atoms with Crippen molar-refractivity contribution in [3.63, 3.8) is 0 Å². The highest BCUT2D eigenvalue weighted by Gasteiger charge is 2.32. The second-order valence-electron chi connectivity index (χ2n) is 7.66. The average molecular weight is 414 g/mol. The summed E-state index contributed by atoms with van der Waals surface area (Å²) in [4.78, 5) is 40.8. The van der Waals surface area contributed by atoms with E-state index < -0.39 is 0 Å². The number of piperidine rings is 1. The summed E-state index contributed by atoms with van der Waals surface area (Å²) in [5, 5.41) is 11.8. The van der Waals surface area contributed by atoms with Crippen LogP contribution >= 0.6 is 0 Å². The Kier molecular flexibility index (Phi) is 5.80. The molecule has 0 radical (unpaired) electrons. The molecule has 0 atom stereocenters. The Hall–Kier alpha value is -3.92. The molecule has 0 spiro atoms. The first-order chi connectivity index (χ1) is 15.0. The summed E-state index contributed by atoms with van der Waals surface area (Å²) in [6.45, 7) is 1.63. The van der Waals surface area contributed by atoms with E-state index in [0.717, 1.165) is 11.3 Å². The van der Waals surface area contributed by atoms with Crippen molar-refractivity contribution in [1.29, 1.82) is 5.26 Å².